The quantitative estimate of drug-likeness (QED) is 0.248. The molecule has 0 fully saturated rings. The highest BCUT2D eigenvalue weighted by molar-refractivity contribution is 5.99. The summed E-state index contributed by atoms with van der Waals surface area (Å²) >= 11 is 0. The van der Waals surface area contributed by atoms with Crippen LogP contribution in [-0.2, 0) is 4.79 Å². The fourth-order valence-electron chi connectivity index (χ4n) is 3.97. The van der Waals surface area contributed by atoms with Gasteiger partial charge >= 0.3 is 5.97 Å². The second kappa shape index (κ2) is 10.4. The first-order valence-electron chi connectivity index (χ1n) is 11.0. The van der Waals surface area contributed by atoms with Gasteiger partial charge in [0.15, 0.2) is 0 Å². The molecule has 0 spiro atoms. The number of hydrogen-bond donors (Lipinski definition) is 1. The lowest BCUT2D eigenvalue weighted by Gasteiger charge is -2.17. The van der Waals surface area contributed by atoms with Gasteiger partial charge in [-0.2, -0.15) is 0 Å². The van der Waals surface area contributed by atoms with E-state index in [1.807, 2.05) is 30.5 Å². The van der Waals surface area contributed by atoms with Gasteiger partial charge in [-0.3, -0.25) is 4.98 Å². The number of aliphatic carboxylic acids is 1. The molecule has 1 aromatic heterocycles. The Balaban J connectivity index is 1.82. The third-order valence-electron chi connectivity index (χ3n) is 5.56. The van der Waals surface area contributed by atoms with Gasteiger partial charge in [0, 0.05) is 18.5 Å². The van der Waals surface area contributed by atoms with Crippen LogP contribution in [0.5, 0.6) is 0 Å². The maximum atomic E-state index is 10.8. The summed E-state index contributed by atoms with van der Waals surface area (Å²) in [5.74, 6) is -0.953. The van der Waals surface area contributed by atoms with Crippen molar-refractivity contribution in [3.05, 3.63) is 132 Å². The summed E-state index contributed by atoms with van der Waals surface area (Å²) in [7, 11) is 0. The van der Waals surface area contributed by atoms with Crippen molar-refractivity contribution in [3.8, 4) is 11.1 Å². The molecule has 0 amide bonds. The van der Waals surface area contributed by atoms with Crippen LogP contribution in [0.4, 0.5) is 0 Å². The number of carboxylic acid groups (broad SMARTS) is 1. The maximum absolute atomic E-state index is 10.8. The SMILES string of the molecule is CC/C(=C(/c1ccc(/C=C/C(=O)O)cc1)c1ccc(-c2cccnc2)cc1)c1ccccc1. The molecule has 0 unspecified atom stereocenters. The van der Waals surface area contributed by atoms with Crippen LogP contribution in [0.1, 0.15) is 35.6 Å². The number of carboxylic acids is 1. The standard InChI is InChI=1S/C30H25NO2/c1-2-28(24-7-4-3-5-8-24)30(25-13-10-22(11-14-25)12-19-29(32)33)26-17-15-23(16-18-26)27-9-6-20-31-21-27/h3-21H,2H2,1H3,(H,32,33)/b19-12+,30-28+. The van der Waals surface area contributed by atoms with Gasteiger partial charge in [0.05, 0.1) is 0 Å². The van der Waals surface area contributed by atoms with Crippen LogP contribution in [0, 0.1) is 0 Å². The minimum atomic E-state index is -0.953. The molecule has 3 nitrogen and oxygen atoms in total. The van der Waals surface area contributed by atoms with Crippen molar-refractivity contribution in [1.82, 2.24) is 4.98 Å². The molecule has 0 atom stereocenters. The summed E-state index contributed by atoms with van der Waals surface area (Å²) in [5, 5.41) is 8.90. The molecule has 3 heteroatoms. The third kappa shape index (κ3) is 5.34. The van der Waals surface area contributed by atoms with Gasteiger partial charge < -0.3 is 5.11 Å². The van der Waals surface area contributed by atoms with Crippen LogP contribution in [-0.4, -0.2) is 16.1 Å². The first-order valence-corrected chi connectivity index (χ1v) is 11.0. The van der Waals surface area contributed by atoms with E-state index in [2.05, 4.69) is 78.6 Å². The first-order chi connectivity index (χ1) is 16.2. The summed E-state index contributed by atoms with van der Waals surface area (Å²) in [4.78, 5) is 15.1. The molecule has 33 heavy (non-hydrogen) atoms. The third-order valence-corrected chi connectivity index (χ3v) is 5.56. The zero-order valence-electron chi connectivity index (χ0n) is 18.5. The van der Waals surface area contributed by atoms with Gasteiger partial charge in [0.2, 0.25) is 0 Å². The number of allylic oxidation sites excluding steroid dienone is 1. The summed E-state index contributed by atoms with van der Waals surface area (Å²) in [6.45, 7) is 2.18. The first kappa shape index (κ1) is 22.0. The number of benzene rings is 3. The van der Waals surface area contributed by atoms with Crippen LogP contribution < -0.4 is 0 Å². The van der Waals surface area contributed by atoms with Crippen molar-refractivity contribution in [2.24, 2.45) is 0 Å². The van der Waals surface area contributed by atoms with Crippen LogP contribution in [0.25, 0.3) is 28.3 Å². The molecule has 4 aromatic rings. The van der Waals surface area contributed by atoms with Crippen LogP contribution >= 0.6 is 0 Å². The lowest BCUT2D eigenvalue weighted by atomic mass is 9.87. The second-order valence-electron chi connectivity index (χ2n) is 7.69. The van der Waals surface area contributed by atoms with Crippen LogP contribution in [0.15, 0.2) is 109 Å². The predicted molar refractivity (Wildman–Crippen MR) is 135 cm³/mol. The van der Waals surface area contributed by atoms with E-state index in [4.69, 9.17) is 5.11 Å². The maximum Gasteiger partial charge on any atom is 0.328 e. The van der Waals surface area contributed by atoms with Crippen molar-refractivity contribution < 1.29 is 9.90 Å². The Labute approximate surface area is 194 Å². The van der Waals surface area contributed by atoms with Crippen LogP contribution in [0.2, 0.25) is 0 Å². The van der Waals surface area contributed by atoms with Gasteiger partial charge in [0.1, 0.15) is 0 Å². The minimum absolute atomic E-state index is 0.852. The van der Waals surface area contributed by atoms with E-state index >= 15 is 0 Å². The molecule has 0 radical (unpaired) electrons. The number of pyridine rings is 1. The van der Waals surface area contributed by atoms with Gasteiger partial charge in [-0.15, -0.1) is 0 Å². The van der Waals surface area contributed by atoms with Crippen molar-refractivity contribution in [2.75, 3.05) is 0 Å². The molecule has 0 aliphatic rings. The zero-order chi connectivity index (χ0) is 23.0. The van der Waals surface area contributed by atoms with E-state index in [9.17, 15) is 4.79 Å². The Hall–Kier alpha value is -4.24. The number of nitrogens with zero attached hydrogens (tertiary/aromatic N) is 1. The van der Waals surface area contributed by atoms with Crippen molar-refractivity contribution >= 4 is 23.2 Å². The molecule has 0 bridgehead atoms. The Kier molecular flexibility index (Phi) is 6.91. The molecular formula is C30H25NO2. The van der Waals surface area contributed by atoms with Crippen molar-refractivity contribution in [1.29, 1.82) is 0 Å². The highest BCUT2D eigenvalue weighted by Crippen LogP contribution is 2.35. The normalized spacial score (nSPS) is 11.9. The predicted octanol–water partition coefficient (Wildman–Crippen LogP) is 7.22. The van der Waals surface area contributed by atoms with E-state index in [1.54, 1.807) is 12.3 Å². The molecule has 1 heterocycles. The van der Waals surface area contributed by atoms with Crippen LogP contribution in [0.3, 0.4) is 0 Å². The smallest absolute Gasteiger partial charge is 0.328 e. The fourth-order valence-corrected chi connectivity index (χ4v) is 3.97. The Morgan fingerprint density at radius 3 is 2.03 bits per heavy atom. The Morgan fingerprint density at radius 1 is 0.788 bits per heavy atom. The number of hydrogen-bond acceptors (Lipinski definition) is 2. The molecule has 4 rings (SSSR count). The molecule has 162 valence electrons. The average Bonchev–Trinajstić information content (AvgIpc) is 2.87. The van der Waals surface area contributed by atoms with E-state index in [0.717, 1.165) is 40.3 Å². The van der Waals surface area contributed by atoms with Crippen molar-refractivity contribution in [3.63, 3.8) is 0 Å². The average molecular weight is 432 g/mol. The Morgan fingerprint density at radius 2 is 1.45 bits per heavy atom. The molecule has 0 saturated carbocycles. The highest BCUT2D eigenvalue weighted by atomic mass is 16.4. The lowest BCUT2D eigenvalue weighted by molar-refractivity contribution is -0.131. The Bertz CT molecular complexity index is 1270. The lowest BCUT2D eigenvalue weighted by Crippen LogP contribution is -1.95. The van der Waals surface area contributed by atoms with E-state index in [0.29, 0.717) is 0 Å². The molecule has 0 aliphatic carbocycles. The summed E-state index contributed by atoms with van der Waals surface area (Å²) < 4.78 is 0. The van der Waals surface area contributed by atoms with E-state index < -0.39 is 5.97 Å². The molecule has 0 saturated heterocycles. The van der Waals surface area contributed by atoms with Gasteiger partial charge in [-0.1, -0.05) is 91.9 Å². The van der Waals surface area contributed by atoms with Gasteiger partial charge in [-0.05, 0) is 63.1 Å². The molecule has 1 N–H and O–H groups in total. The fraction of sp³-hybridized carbons (Fsp3) is 0.0667. The van der Waals surface area contributed by atoms with E-state index in [-0.39, 0.29) is 0 Å². The van der Waals surface area contributed by atoms with Gasteiger partial charge in [0.25, 0.3) is 0 Å². The zero-order valence-corrected chi connectivity index (χ0v) is 18.5. The van der Waals surface area contributed by atoms with Gasteiger partial charge in [-0.25, -0.2) is 4.79 Å². The molecule has 3 aromatic carbocycles. The number of carbonyl (C=O) groups is 1. The van der Waals surface area contributed by atoms with Crippen molar-refractivity contribution in [2.45, 2.75) is 13.3 Å². The number of rotatable bonds is 7. The minimum Gasteiger partial charge on any atom is -0.478 e. The highest BCUT2D eigenvalue weighted by Gasteiger charge is 2.13. The van der Waals surface area contributed by atoms with E-state index in [1.165, 1.54) is 16.7 Å². The monoisotopic (exact) mass is 431 g/mol. The molecule has 0 aliphatic heterocycles. The second-order valence-corrected chi connectivity index (χ2v) is 7.69. The molecular weight excluding hydrogens is 406 g/mol. The topological polar surface area (TPSA) is 50.2 Å². The summed E-state index contributed by atoms with van der Waals surface area (Å²) in [6, 6.07) is 31.1. The number of aromatic nitrogens is 1. The largest absolute Gasteiger partial charge is 0.478 e. The summed E-state index contributed by atoms with van der Waals surface area (Å²) in [6.07, 6.45) is 7.29. The summed E-state index contributed by atoms with van der Waals surface area (Å²) in [5.41, 5.74) is 8.93.